The van der Waals surface area contributed by atoms with E-state index in [2.05, 4.69) is 54.0 Å². The third-order valence-electron chi connectivity index (χ3n) is 5.12. The van der Waals surface area contributed by atoms with Crippen LogP contribution in [0.25, 0.3) is 0 Å². The van der Waals surface area contributed by atoms with E-state index in [0.29, 0.717) is 0 Å². The quantitative estimate of drug-likeness (QED) is 0.784. The molecule has 1 aromatic carbocycles. The molecule has 1 fully saturated rings. The van der Waals surface area contributed by atoms with Crippen LogP contribution < -0.4 is 0 Å². The minimum Gasteiger partial charge on any atom is -0.298 e. The maximum atomic E-state index is 2.72. The number of nitrogens with zero attached hydrogens (tertiary/aromatic N) is 2. The third-order valence-corrected chi connectivity index (χ3v) is 5.12. The predicted octanol–water partition coefficient (Wildman–Crippen LogP) is 3.48. The zero-order chi connectivity index (χ0) is 14.7. The summed E-state index contributed by atoms with van der Waals surface area (Å²) >= 11 is 0. The molecule has 0 saturated carbocycles. The zero-order valence-corrected chi connectivity index (χ0v) is 13.5. The molecule has 0 amide bonds. The van der Waals surface area contributed by atoms with E-state index in [4.69, 9.17) is 0 Å². The maximum Gasteiger partial charge on any atom is 0.0240 e. The van der Waals surface area contributed by atoms with Crippen molar-refractivity contribution in [2.45, 2.75) is 45.7 Å². The molecule has 0 spiro atoms. The molecule has 2 nitrogen and oxygen atoms in total. The number of hydrogen-bond acceptors (Lipinski definition) is 2. The largest absolute Gasteiger partial charge is 0.298 e. The van der Waals surface area contributed by atoms with Crippen LogP contribution in [0.15, 0.2) is 35.9 Å². The molecule has 2 aliphatic heterocycles. The van der Waals surface area contributed by atoms with E-state index in [1.54, 1.807) is 11.1 Å². The molecule has 114 valence electrons. The lowest BCUT2D eigenvalue weighted by atomic mass is 9.96. The van der Waals surface area contributed by atoms with E-state index in [1.165, 1.54) is 44.5 Å². The highest BCUT2D eigenvalue weighted by Gasteiger charge is 2.27. The first-order chi connectivity index (χ1) is 10.3. The second-order valence-corrected chi connectivity index (χ2v) is 6.66. The Morgan fingerprint density at radius 3 is 2.86 bits per heavy atom. The van der Waals surface area contributed by atoms with Gasteiger partial charge in [0.15, 0.2) is 0 Å². The minimum atomic E-state index is 0.747. The van der Waals surface area contributed by atoms with E-state index < -0.39 is 0 Å². The van der Waals surface area contributed by atoms with Crippen LogP contribution in [-0.4, -0.2) is 42.0 Å². The number of fused-ring (bicyclic) bond motifs is 1. The Bertz CT molecular complexity index is 506. The molecule has 2 aliphatic rings. The van der Waals surface area contributed by atoms with Crippen LogP contribution in [0, 0.1) is 0 Å². The molecule has 2 heterocycles. The first kappa shape index (κ1) is 14.8. The summed E-state index contributed by atoms with van der Waals surface area (Å²) < 4.78 is 0. The second-order valence-electron chi connectivity index (χ2n) is 6.66. The Kier molecular flexibility index (Phi) is 4.77. The molecule has 2 heteroatoms. The van der Waals surface area contributed by atoms with Crippen LogP contribution in [0.4, 0.5) is 0 Å². The van der Waals surface area contributed by atoms with Gasteiger partial charge in [0, 0.05) is 32.2 Å². The van der Waals surface area contributed by atoms with Crippen molar-refractivity contribution >= 4 is 0 Å². The van der Waals surface area contributed by atoms with Gasteiger partial charge in [-0.2, -0.15) is 0 Å². The summed E-state index contributed by atoms with van der Waals surface area (Å²) in [7, 11) is 0. The van der Waals surface area contributed by atoms with Gasteiger partial charge in [0.1, 0.15) is 0 Å². The Morgan fingerprint density at radius 1 is 1.24 bits per heavy atom. The summed E-state index contributed by atoms with van der Waals surface area (Å²) in [4.78, 5) is 5.36. The molecular formula is C19H28N2. The SMILES string of the molecule is C/C=C(\C)CN1CCC[C@@H](N2CCc3ccccc3C2)C1. The number of hydrogen-bond donors (Lipinski definition) is 0. The fraction of sp³-hybridized carbons (Fsp3) is 0.579. The van der Waals surface area contributed by atoms with Crippen LogP contribution in [-0.2, 0) is 13.0 Å². The molecule has 0 N–H and O–H groups in total. The Hall–Kier alpha value is -1.12. The first-order valence-corrected chi connectivity index (χ1v) is 8.41. The first-order valence-electron chi connectivity index (χ1n) is 8.41. The van der Waals surface area contributed by atoms with E-state index in [0.717, 1.165) is 19.1 Å². The fourth-order valence-electron chi connectivity index (χ4n) is 3.75. The van der Waals surface area contributed by atoms with Crippen LogP contribution >= 0.6 is 0 Å². The molecule has 1 aromatic rings. The lowest BCUT2D eigenvalue weighted by Gasteiger charge is -2.41. The second kappa shape index (κ2) is 6.76. The lowest BCUT2D eigenvalue weighted by Crippen LogP contribution is -2.49. The van der Waals surface area contributed by atoms with Crippen molar-refractivity contribution in [2.24, 2.45) is 0 Å². The van der Waals surface area contributed by atoms with Crippen LogP contribution in [0.2, 0.25) is 0 Å². The van der Waals surface area contributed by atoms with Crippen molar-refractivity contribution in [3.05, 3.63) is 47.0 Å². The molecule has 0 bridgehead atoms. The van der Waals surface area contributed by atoms with Crippen molar-refractivity contribution in [3.8, 4) is 0 Å². The van der Waals surface area contributed by atoms with Gasteiger partial charge >= 0.3 is 0 Å². The smallest absolute Gasteiger partial charge is 0.0240 e. The normalized spacial score (nSPS) is 24.9. The van der Waals surface area contributed by atoms with Crippen molar-refractivity contribution in [2.75, 3.05) is 26.2 Å². The average molecular weight is 284 g/mol. The van der Waals surface area contributed by atoms with E-state index in [1.807, 2.05) is 0 Å². The van der Waals surface area contributed by atoms with Gasteiger partial charge in [-0.3, -0.25) is 9.80 Å². The standard InChI is InChI=1S/C19H28N2/c1-3-16(2)13-20-11-6-9-19(15-20)21-12-10-17-7-4-5-8-18(17)14-21/h3-5,7-8,19H,6,9-15H2,1-2H3/b16-3+/t19-/m1/s1. The van der Waals surface area contributed by atoms with Crippen molar-refractivity contribution in [1.82, 2.24) is 9.80 Å². The summed E-state index contributed by atoms with van der Waals surface area (Å²) in [5.41, 5.74) is 4.61. The van der Waals surface area contributed by atoms with Gasteiger partial charge in [-0.05, 0) is 50.8 Å². The van der Waals surface area contributed by atoms with Gasteiger partial charge in [0.2, 0.25) is 0 Å². The number of likely N-dealkylation sites (tertiary alicyclic amines) is 1. The third kappa shape index (κ3) is 3.56. The monoisotopic (exact) mass is 284 g/mol. The number of piperidine rings is 1. The summed E-state index contributed by atoms with van der Waals surface area (Å²) in [6, 6.07) is 9.72. The number of benzene rings is 1. The predicted molar refractivity (Wildman–Crippen MR) is 89.4 cm³/mol. The molecule has 0 aliphatic carbocycles. The van der Waals surface area contributed by atoms with Gasteiger partial charge in [0.25, 0.3) is 0 Å². The van der Waals surface area contributed by atoms with Gasteiger partial charge in [-0.1, -0.05) is 35.9 Å². The Balaban J connectivity index is 1.62. The summed E-state index contributed by atoms with van der Waals surface area (Å²) in [6.07, 6.45) is 6.19. The van der Waals surface area contributed by atoms with E-state index in [9.17, 15) is 0 Å². The molecule has 0 radical (unpaired) electrons. The molecular weight excluding hydrogens is 256 g/mol. The van der Waals surface area contributed by atoms with Gasteiger partial charge in [0.05, 0.1) is 0 Å². The van der Waals surface area contributed by atoms with Gasteiger partial charge < -0.3 is 0 Å². The van der Waals surface area contributed by atoms with E-state index in [-0.39, 0.29) is 0 Å². The maximum absolute atomic E-state index is 2.72. The summed E-state index contributed by atoms with van der Waals surface area (Å²) in [5, 5.41) is 0. The number of rotatable bonds is 3. The average Bonchev–Trinajstić information content (AvgIpc) is 2.54. The van der Waals surface area contributed by atoms with Crippen molar-refractivity contribution in [1.29, 1.82) is 0 Å². The van der Waals surface area contributed by atoms with Crippen LogP contribution in [0.5, 0.6) is 0 Å². The summed E-state index contributed by atoms with van der Waals surface area (Å²) in [6.45, 7) is 10.4. The molecule has 3 rings (SSSR count). The number of allylic oxidation sites excluding steroid dienone is 1. The topological polar surface area (TPSA) is 6.48 Å². The molecule has 1 atom stereocenters. The Labute approximate surface area is 129 Å². The Morgan fingerprint density at radius 2 is 2.05 bits per heavy atom. The highest BCUT2D eigenvalue weighted by molar-refractivity contribution is 5.29. The van der Waals surface area contributed by atoms with Crippen LogP contribution in [0.3, 0.4) is 0 Å². The fourth-order valence-corrected chi connectivity index (χ4v) is 3.75. The van der Waals surface area contributed by atoms with Gasteiger partial charge in [-0.25, -0.2) is 0 Å². The molecule has 0 aromatic heterocycles. The van der Waals surface area contributed by atoms with Gasteiger partial charge in [-0.15, -0.1) is 0 Å². The highest BCUT2D eigenvalue weighted by atomic mass is 15.2. The van der Waals surface area contributed by atoms with Crippen LogP contribution in [0.1, 0.15) is 37.8 Å². The summed E-state index contributed by atoms with van der Waals surface area (Å²) in [5.74, 6) is 0. The van der Waals surface area contributed by atoms with Crippen molar-refractivity contribution < 1.29 is 0 Å². The lowest BCUT2D eigenvalue weighted by molar-refractivity contribution is 0.0925. The highest BCUT2D eigenvalue weighted by Crippen LogP contribution is 2.24. The van der Waals surface area contributed by atoms with E-state index >= 15 is 0 Å². The minimum absolute atomic E-state index is 0.747. The molecule has 21 heavy (non-hydrogen) atoms. The molecule has 1 saturated heterocycles. The molecule has 0 unspecified atom stereocenters. The zero-order valence-electron chi connectivity index (χ0n) is 13.5. The van der Waals surface area contributed by atoms with Crippen molar-refractivity contribution in [3.63, 3.8) is 0 Å².